The molecular formula is C28H28ClN3O3S. The number of aryl methyl sites for hydroxylation is 1. The van der Waals surface area contributed by atoms with E-state index in [1.54, 1.807) is 29.7 Å². The Bertz CT molecular complexity index is 1420. The van der Waals surface area contributed by atoms with Crippen molar-refractivity contribution in [2.45, 2.75) is 25.6 Å². The number of carbonyl (C=O) groups is 1. The molecule has 0 bridgehead atoms. The van der Waals surface area contributed by atoms with Crippen LogP contribution >= 0.6 is 22.9 Å². The van der Waals surface area contributed by atoms with Crippen LogP contribution in [0.2, 0.25) is 5.02 Å². The van der Waals surface area contributed by atoms with E-state index in [9.17, 15) is 9.59 Å². The summed E-state index contributed by atoms with van der Waals surface area (Å²) < 4.78 is 7.66. The van der Waals surface area contributed by atoms with E-state index in [0.29, 0.717) is 30.2 Å². The van der Waals surface area contributed by atoms with E-state index in [-0.39, 0.29) is 22.9 Å². The van der Waals surface area contributed by atoms with Crippen molar-refractivity contribution in [3.8, 4) is 0 Å². The van der Waals surface area contributed by atoms with Gasteiger partial charge in [0.1, 0.15) is 10.4 Å². The molecule has 4 aromatic rings. The highest BCUT2D eigenvalue weighted by Crippen LogP contribution is 2.26. The topological polar surface area (TPSA) is 63.6 Å². The first-order chi connectivity index (χ1) is 17.5. The first-order valence-electron chi connectivity index (χ1n) is 12.0. The van der Waals surface area contributed by atoms with Gasteiger partial charge in [-0.05, 0) is 35.7 Å². The Morgan fingerprint density at radius 1 is 1.14 bits per heavy atom. The maximum atomic E-state index is 13.3. The van der Waals surface area contributed by atoms with Gasteiger partial charge in [-0.1, -0.05) is 54.1 Å². The van der Waals surface area contributed by atoms with E-state index < -0.39 is 0 Å². The minimum Gasteiger partial charge on any atom is -0.378 e. The Morgan fingerprint density at radius 3 is 2.69 bits per heavy atom. The Kier molecular flexibility index (Phi) is 7.53. The lowest BCUT2D eigenvalue weighted by Gasteiger charge is -2.35. The molecule has 186 valence electrons. The molecule has 8 heteroatoms. The third-order valence-electron chi connectivity index (χ3n) is 6.53. The molecule has 0 unspecified atom stereocenters. The largest absolute Gasteiger partial charge is 0.378 e. The second-order valence-electron chi connectivity index (χ2n) is 9.11. The molecule has 5 rings (SSSR count). The van der Waals surface area contributed by atoms with Gasteiger partial charge in [-0.25, -0.2) is 0 Å². The fourth-order valence-electron chi connectivity index (χ4n) is 4.60. The van der Waals surface area contributed by atoms with E-state index in [1.165, 1.54) is 5.56 Å². The quantitative estimate of drug-likeness (QED) is 0.385. The number of aromatic nitrogens is 1. The normalized spacial score (nSPS) is 16.3. The summed E-state index contributed by atoms with van der Waals surface area (Å²) >= 11 is 7.54. The molecule has 2 aromatic carbocycles. The molecule has 0 saturated carbocycles. The van der Waals surface area contributed by atoms with Crippen LogP contribution in [0.1, 0.15) is 26.4 Å². The van der Waals surface area contributed by atoms with Crippen LogP contribution in [0.15, 0.2) is 71.7 Å². The van der Waals surface area contributed by atoms with Crippen molar-refractivity contribution in [2.24, 2.45) is 7.05 Å². The molecule has 1 saturated heterocycles. The van der Waals surface area contributed by atoms with Crippen molar-refractivity contribution in [3.05, 3.63) is 104 Å². The second-order valence-corrected chi connectivity index (χ2v) is 10.7. The Labute approximate surface area is 219 Å². The maximum absolute atomic E-state index is 13.3. The number of nitrogens with one attached hydrogen (secondary N) is 1. The number of carbonyl (C=O) groups excluding carboxylic acids is 1. The smallest absolute Gasteiger partial charge is 0.257 e. The van der Waals surface area contributed by atoms with Gasteiger partial charge < -0.3 is 14.6 Å². The maximum Gasteiger partial charge on any atom is 0.257 e. The fourth-order valence-corrected chi connectivity index (χ4v) is 5.84. The number of rotatable bonds is 7. The summed E-state index contributed by atoms with van der Waals surface area (Å²) in [5, 5.41) is 4.08. The number of hydrogen-bond donors (Lipinski definition) is 1. The first-order valence-corrected chi connectivity index (χ1v) is 13.2. The van der Waals surface area contributed by atoms with Crippen molar-refractivity contribution in [1.29, 1.82) is 0 Å². The van der Waals surface area contributed by atoms with Gasteiger partial charge in [-0.15, -0.1) is 11.3 Å². The summed E-state index contributed by atoms with van der Waals surface area (Å²) in [6.07, 6.45) is 2.55. The predicted octanol–water partition coefficient (Wildman–Crippen LogP) is 4.63. The van der Waals surface area contributed by atoms with Gasteiger partial charge in [0.25, 0.3) is 5.91 Å². The van der Waals surface area contributed by atoms with Crippen LogP contribution in [0.5, 0.6) is 0 Å². The average Bonchev–Trinajstić information content (AvgIpc) is 3.32. The SMILES string of the molecule is Cn1cc(C(=O)NCc2ccc(Cl)cc2)c(=O)c2cc(CN3CCOC[C@@H]3Cc3ccccc3)sc21. The molecular weight excluding hydrogens is 494 g/mol. The number of benzene rings is 2. The molecule has 1 fully saturated rings. The summed E-state index contributed by atoms with van der Waals surface area (Å²) in [6, 6.07) is 19.9. The minimum absolute atomic E-state index is 0.150. The molecule has 2 aromatic heterocycles. The van der Waals surface area contributed by atoms with Crippen LogP contribution in [0.25, 0.3) is 10.2 Å². The molecule has 1 aliphatic rings. The Hall–Kier alpha value is -2.97. The number of ether oxygens (including phenoxy) is 1. The van der Waals surface area contributed by atoms with Gasteiger partial charge in [-0.3, -0.25) is 14.5 Å². The summed E-state index contributed by atoms with van der Waals surface area (Å²) in [4.78, 5) is 30.6. The van der Waals surface area contributed by atoms with E-state index >= 15 is 0 Å². The zero-order valence-corrected chi connectivity index (χ0v) is 21.6. The van der Waals surface area contributed by atoms with Gasteiger partial charge >= 0.3 is 0 Å². The van der Waals surface area contributed by atoms with Gasteiger partial charge in [0.2, 0.25) is 5.43 Å². The molecule has 1 amide bonds. The molecule has 1 aliphatic heterocycles. The van der Waals surface area contributed by atoms with E-state index in [1.807, 2.05) is 35.9 Å². The van der Waals surface area contributed by atoms with Crippen molar-refractivity contribution >= 4 is 39.1 Å². The van der Waals surface area contributed by atoms with Crippen molar-refractivity contribution in [3.63, 3.8) is 0 Å². The fraction of sp³-hybridized carbons (Fsp3) is 0.286. The Morgan fingerprint density at radius 2 is 1.92 bits per heavy atom. The van der Waals surface area contributed by atoms with Gasteiger partial charge in [0.05, 0.1) is 18.6 Å². The zero-order chi connectivity index (χ0) is 25.1. The lowest BCUT2D eigenvalue weighted by Crippen LogP contribution is -2.45. The number of amides is 1. The standard InChI is InChI=1S/C28H28ClN3O3S/c1-31-17-25(27(34)30-15-20-7-9-21(29)10-8-20)26(33)24-14-23(36-28(24)31)16-32-11-12-35-18-22(32)13-19-5-3-2-4-6-19/h2-10,14,17,22H,11-13,15-16,18H2,1H3,(H,30,34)/t22-/m0/s1. The number of hydrogen-bond acceptors (Lipinski definition) is 5. The molecule has 1 N–H and O–H groups in total. The number of morpholine rings is 1. The van der Waals surface area contributed by atoms with Crippen molar-refractivity contribution in [1.82, 2.24) is 14.8 Å². The number of pyridine rings is 1. The molecule has 0 spiro atoms. The van der Waals surface area contributed by atoms with Crippen LogP contribution in [0.3, 0.4) is 0 Å². The number of nitrogens with zero attached hydrogens (tertiary/aromatic N) is 2. The van der Waals surface area contributed by atoms with E-state index in [4.69, 9.17) is 16.3 Å². The highest BCUT2D eigenvalue weighted by molar-refractivity contribution is 7.18. The van der Waals surface area contributed by atoms with Gasteiger partial charge in [-0.2, -0.15) is 0 Å². The molecule has 3 heterocycles. The molecule has 6 nitrogen and oxygen atoms in total. The third-order valence-corrected chi connectivity index (χ3v) is 7.99. The first kappa shape index (κ1) is 24.7. The number of halogens is 1. The molecule has 0 radical (unpaired) electrons. The van der Waals surface area contributed by atoms with Crippen molar-refractivity contribution < 1.29 is 9.53 Å². The average molecular weight is 522 g/mol. The highest BCUT2D eigenvalue weighted by atomic mass is 35.5. The predicted molar refractivity (Wildman–Crippen MR) is 145 cm³/mol. The van der Waals surface area contributed by atoms with Crippen LogP contribution in [-0.2, 0) is 31.3 Å². The number of thiophene rings is 1. The van der Waals surface area contributed by atoms with E-state index in [0.717, 1.165) is 34.8 Å². The summed E-state index contributed by atoms with van der Waals surface area (Å²) in [7, 11) is 1.88. The molecule has 1 atom stereocenters. The van der Waals surface area contributed by atoms with Crippen LogP contribution < -0.4 is 10.7 Å². The zero-order valence-electron chi connectivity index (χ0n) is 20.1. The highest BCUT2D eigenvalue weighted by Gasteiger charge is 2.25. The monoisotopic (exact) mass is 521 g/mol. The lowest BCUT2D eigenvalue weighted by atomic mass is 10.0. The molecule has 0 aliphatic carbocycles. The van der Waals surface area contributed by atoms with Gasteiger partial charge in [0, 0.05) is 48.8 Å². The van der Waals surface area contributed by atoms with Crippen LogP contribution in [0.4, 0.5) is 0 Å². The number of fused-ring (bicyclic) bond motifs is 1. The van der Waals surface area contributed by atoms with Gasteiger partial charge in [0.15, 0.2) is 0 Å². The third kappa shape index (κ3) is 5.55. The van der Waals surface area contributed by atoms with Crippen molar-refractivity contribution in [2.75, 3.05) is 19.8 Å². The summed E-state index contributed by atoms with van der Waals surface area (Å²) in [6.45, 7) is 3.32. The second kappa shape index (κ2) is 11.0. The minimum atomic E-state index is -0.378. The van der Waals surface area contributed by atoms with E-state index in [2.05, 4.69) is 34.5 Å². The molecule has 36 heavy (non-hydrogen) atoms. The Balaban J connectivity index is 1.34. The lowest BCUT2D eigenvalue weighted by molar-refractivity contribution is -0.0108. The summed E-state index contributed by atoms with van der Waals surface area (Å²) in [5.74, 6) is -0.378. The summed E-state index contributed by atoms with van der Waals surface area (Å²) in [5.41, 5.74) is 2.12. The van der Waals surface area contributed by atoms with Crippen LogP contribution in [0, 0.1) is 0 Å². The van der Waals surface area contributed by atoms with Crippen LogP contribution in [-0.4, -0.2) is 41.2 Å².